The lowest BCUT2D eigenvalue weighted by atomic mass is 9.81. The molecule has 2 aliphatic rings. The molecule has 0 spiro atoms. The van der Waals surface area contributed by atoms with Crippen LogP contribution in [-0.4, -0.2) is 19.1 Å². The van der Waals surface area contributed by atoms with E-state index in [0.29, 0.717) is 5.95 Å². The van der Waals surface area contributed by atoms with E-state index >= 15 is 0 Å². The van der Waals surface area contributed by atoms with Gasteiger partial charge in [0.1, 0.15) is 0 Å². The van der Waals surface area contributed by atoms with Crippen molar-refractivity contribution in [3.63, 3.8) is 0 Å². The molecule has 3 heterocycles. The van der Waals surface area contributed by atoms with Crippen LogP contribution in [0.3, 0.4) is 0 Å². The van der Waals surface area contributed by atoms with Crippen LogP contribution in [0.15, 0.2) is 279 Å². The lowest BCUT2D eigenvalue weighted by Gasteiger charge is -2.22. The normalized spacial score (nSPS) is 13.5. The molecule has 15 aromatic rings. The van der Waals surface area contributed by atoms with Crippen molar-refractivity contribution in [3.8, 4) is 101 Å². The maximum Gasteiger partial charge on any atom is 0.235 e. The Morgan fingerprint density at radius 2 is 0.651 bits per heavy atom. The topological polar surface area (TPSA) is 35.6 Å². The number of hydrogen-bond donors (Lipinski definition) is 0. The molecule has 12 aromatic carbocycles. The number of nitrogens with zero attached hydrogens (tertiary/aromatic N) is 4. The molecule has 17 rings (SSSR count). The van der Waals surface area contributed by atoms with E-state index in [1.165, 1.54) is 88.7 Å². The van der Waals surface area contributed by atoms with Crippen LogP contribution < -0.4 is 0 Å². The maximum absolute atomic E-state index is 5.64. The summed E-state index contributed by atoms with van der Waals surface area (Å²) in [7, 11) is 0. The van der Waals surface area contributed by atoms with Crippen LogP contribution in [0.4, 0.5) is 0 Å². The highest BCUT2D eigenvalue weighted by atomic mass is 15.2. The number of fused-ring (bicyclic) bond motifs is 12. The molecule has 0 atom stereocenters. The van der Waals surface area contributed by atoms with Crippen molar-refractivity contribution in [2.75, 3.05) is 0 Å². The first-order valence-corrected chi connectivity index (χ1v) is 30.0. The van der Waals surface area contributed by atoms with Gasteiger partial charge in [-0.05, 0) is 162 Å². The highest BCUT2D eigenvalue weighted by Crippen LogP contribution is 2.52. The Labute approximate surface area is 500 Å². The number of hydrogen-bond acceptors (Lipinski definition) is 2. The summed E-state index contributed by atoms with van der Waals surface area (Å²) in [5.74, 6) is 0.609. The van der Waals surface area contributed by atoms with E-state index in [0.717, 1.165) is 72.2 Å². The second-order valence-electron chi connectivity index (χ2n) is 24.5. The molecular weight excluding hydrogens is 1040 g/mol. The van der Waals surface area contributed by atoms with Crippen molar-refractivity contribution in [2.45, 2.75) is 38.5 Å². The minimum Gasteiger partial charge on any atom is -0.309 e. The van der Waals surface area contributed by atoms with E-state index < -0.39 is 0 Å². The Kier molecular flexibility index (Phi) is 11.0. The number of benzene rings is 12. The Morgan fingerprint density at radius 3 is 1.24 bits per heavy atom. The van der Waals surface area contributed by atoms with Gasteiger partial charge in [0.05, 0.1) is 33.5 Å². The molecule has 0 N–H and O–H groups in total. The third-order valence-electron chi connectivity index (χ3n) is 19.0. The Balaban J connectivity index is 0.819. The number of aromatic nitrogens is 4. The Hall–Kier alpha value is -10.7. The third kappa shape index (κ3) is 7.62. The Bertz CT molecular complexity index is 5300. The SMILES string of the molecule is CC1(C)c2ccccc2-c2ccc(-c3ccc4c(c3)c3ccccc3n4-c3cccc(-c4cc(-c5cccc(-c6ccccc6-c6ccccc6)c5)nc(-n5c6ccccc6c6cc(-c7ccc8c(c7)C(C)(C)c7ccccc7-8)ccc65)n4)c3)cc21. The van der Waals surface area contributed by atoms with Crippen LogP contribution in [0.5, 0.6) is 0 Å². The van der Waals surface area contributed by atoms with Crippen LogP contribution in [0.1, 0.15) is 49.9 Å². The minimum atomic E-state index is -0.102. The van der Waals surface area contributed by atoms with Crippen LogP contribution in [0.25, 0.3) is 145 Å². The average Bonchev–Trinajstić information content (AvgIpc) is 1.97. The first-order valence-electron chi connectivity index (χ1n) is 30.0. The molecule has 4 heteroatoms. The molecule has 0 fully saturated rings. The molecule has 0 radical (unpaired) electrons. The first kappa shape index (κ1) is 49.9. The van der Waals surface area contributed by atoms with Gasteiger partial charge >= 0.3 is 0 Å². The maximum atomic E-state index is 5.64. The largest absolute Gasteiger partial charge is 0.309 e. The molecule has 3 aromatic heterocycles. The van der Waals surface area contributed by atoms with Gasteiger partial charge in [-0.1, -0.05) is 234 Å². The van der Waals surface area contributed by atoms with Gasteiger partial charge in [-0.15, -0.1) is 0 Å². The van der Waals surface area contributed by atoms with Crippen LogP contribution in [-0.2, 0) is 10.8 Å². The third-order valence-corrected chi connectivity index (χ3v) is 19.0. The van der Waals surface area contributed by atoms with Gasteiger partial charge in [0, 0.05) is 49.2 Å². The van der Waals surface area contributed by atoms with Crippen molar-refractivity contribution in [3.05, 3.63) is 301 Å². The van der Waals surface area contributed by atoms with E-state index in [1.807, 2.05) is 0 Å². The van der Waals surface area contributed by atoms with Gasteiger partial charge in [0.2, 0.25) is 5.95 Å². The lowest BCUT2D eigenvalue weighted by molar-refractivity contribution is 0.660. The van der Waals surface area contributed by atoms with Crippen molar-refractivity contribution < 1.29 is 0 Å². The highest BCUT2D eigenvalue weighted by Gasteiger charge is 2.37. The van der Waals surface area contributed by atoms with Crippen molar-refractivity contribution >= 4 is 43.6 Å². The zero-order chi connectivity index (χ0) is 57.4. The van der Waals surface area contributed by atoms with Crippen LogP contribution in [0.2, 0.25) is 0 Å². The standard InChI is InChI=1S/C82H58N4/c1-81(2)70-32-14-10-28-62(70)64-40-36-54(48-72(64)81)52-38-42-78-68(46-52)66-30-12-16-34-76(66)85(78)59-25-19-24-58(45-59)75-50-74(57-23-18-22-56(44-57)61-27-9-8-26-60(61)51-20-6-5-7-21-51)83-80(84-75)86-77-35-17-13-31-67(77)69-47-53(39-43-79(69)86)55-37-41-65-63-29-11-15-33-71(63)82(3,4)73(65)49-55/h5-50H,1-4H3. The fourth-order valence-electron chi connectivity index (χ4n) is 14.7. The van der Waals surface area contributed by atoms with Crippen molar-refractivity contribution in [2.24, 2.45) is 0 Å². The lowest BCUT2D eigenvalue weighted by Crippen LogP contribution is -2.14. The zero-order valence-electron chi connectivity index (χ0n) is 48.3. The predicted molar refractivity (Wildman–Crippen MR) is 358 cm³/mol. The average molecular weight is 1100 g/mol. The van der Waals surface area contributed by atoms with Crippen LogP contribution in [0, 0.1) is 0 Å². The molecule has 4 nitrogen and oxygen atoms in total. The molecule has 0 unspecified atom stereocenters. The van der Waals surface area contributed by atoms with Gasteiger partial charge in [-0.3, -0.25) is 4.57 Å². The molecule has 0 saturated heterocycles. The smallest absolute Gasteiger partial charge is 0.235 e. The van der Waals surface area contributed by atoms with E-state index in [-0.39, 0.29) is 10.8 Å². The van der Waals surface area contributed by atoms with Gasteiger partial charge in [0.15, 0.2) is 0 Å². The second-order valence-corrected chi connectivity index (χ2v) is 24.5. The summed E-state index contributed by atoms with van der Waals surface area (Å²) < 4.78 is 4.69. The summed E-state index contributed by atoms with van der Waals surface area (Å²) in [5, 5.41) is 4.73. The monoisotopic (exact) mass is 1100 g/mol. The number of para-hydroxylation sites is 2. The van der Waals surface area contributed by atoms with Crippen molar-refractivity contribution in [1.29, 1.82) is 0 Å². The summed E-state index contributed by atoms with van der Waals surface area (Å²) in [5.41, 5.74) is 29.2. The minimum absolute atomic E-state index is 0.0831. The summed E-state index contributed by atoms with van der Waals surface area (Å²) in [4.78, 5) is 11.3. The molecule has 0 saturated carbocycles. The fraction of sp³-hybridized carbons (Fsp3) is 0.0732. The quantitative estimate of drug-likeness (QED) is 0.152. The molecule has 0 aliphatic heterocycles. The van der Waals surface area contributed by atoms with Gasteiger partial charge < -0.3 is 4.57 Å². The Morgan fingerprint density at radius 1 is 0.244 bits per heavy atom. The molecule has 2 aliphatic carbocycles. The van der Waals surface area contributed by atoms with Crippen LogP contribution >= 0.6 is 0 Å². The molecule has 406 valence electrons. The second kappa shape index (κ2) is 18.9. The molecule has 0 bridgehead atoms. The zero-order valence-corrected chi connectivity index (χ0v) is 48.3. The summed E-state index contributed by atoms with van der Waals surface area (Å²) in [6.07, 6.45) is 0. The first-order chi connectivity index (χ1) is 42.1. The fourth-order valence-corrected chi connectivity index (χ4v) is 14.7. The van der Waals surface area contributed by atoms with E-state index in [1.54, 1.807) is 0 Å². The molecule has 0 amide bonds. The molecule has 86 heavy (non-hydrogen) atoms. The molecular formula is C82H58N4. The summed E-state index contributed by atoms with van der Waals surface area (Å²) in [6, 6.07) is 103. The van der Waals surface area contributed by atoms with Gasteiger partial charge in [0.25, 0.3) is 0 Å². The van der Waals surface area contributed by atoms with E-state index in [4.69, 9.17) is 9.97 Å². The van der Waals surface area contributed by atoms with Gasteiger partial charge in [-0.2, -0.15) is 0 Å². The summed E-state index contributed by atoms with van der Waals surface area (Å²) >= 11 is 0. The predicted octanol–water partition coefficient (Wildman–Crippen LogP) is 21.3. The van der Waals surface area contributed by atoms with E-state index in [9.17, 15) is 0 Å². The van der Waals surface area contributed by atoms with E-state index in [2.05, 4.69) is 316 Å². The highest BCUT2D eigenvalue weighted by molar-refractivity contribution is 6.12. The summed E-state index contributed by atoms with van der Waals surface area (Å²) in [6.45, 7) is 9.42. The van der Waals surface area contributed by atoms with Crippen molar-refractivity contribution in [1.82, 2.24) is 19.1 Å². The van der Waals surface area contributed by atoms with Gasteiger partial charge in [-0.25, -0.2) is 9.97 Å². The number of rotatable bonds is 8.